The Bertz CT molecular complexity index is 112. The van der Waals surface area contributed by atoms with Gasteiger partial charge in [0.25, 0.3) is 0 Å². The van der Waals surface area contributed by atoms with E-state index >= 15 is 0 Å². The first-order chi connectivity index (χ1) is 4.93. The lowest BCUT2D eigenvalue weighted by Gasteiger charge is -2.14. The lowest BCUT2D eigenvalue weighted by molar-refractivity contribution is 0.302. The van der Waals surface area contributed by atoms with Crippen molar-refractivity contribution in [3.05, 3.63) is 11.6 Å². The van der Waals surface area contributed by atoms with Crippen molar-refractivity contribution in [3.8, 4) is 0 Å². The molecule has 1 fully saturated rings. The molecule has 1 heterocycles. The quantitative estimate of drug-likeness (QED) is 0.554. The summed E-state index contributed by atoms with van der Waals surface area (Å²) < 4.78 is 0. The van der Waals surface area contributed by atoms with Crippen molar-refractivity contribution in [2.45, 2.75) is 19.3 Å². The Hall–Kier alpha value is -0.340. The summed E-state index contributed by atoms with van der Waals surface area (Å²) in [6, 6.07) is 0. The molecule has 0 radical (unpaired) electrons. The maximum absolute atomic E-state index is 8.53. The van der Waals surface area contributed by atoms with Crippen LogP contribution in [0.1, 0.15) is 19.3 Å². The van der Waals surface area contributed by atoms with Crippen molar-refractivity contribution in [3.63, 3.8) is 0 Å². The maximum atomic E-state index is 8.53. The van der Waals surface area contributed by atoms with Crippen LogP contribution in [0, 0.1) is 0 Å². The number of hydrogen-bond acceptors (Lipinski definition) is 2. The molecule has 0 aromatic carbocycles. The second kappa shape index (κ2) is 4.47. The summed E-state index contributed by atoms with van der Waals surface area (Å²) in [6.45, 7) is 2.46. The first kappa shape index (κ1) is 7.76. The van der Waals surface area contributed by atoms with E-state index in [2.05, 4.69) is 11.4 Å². The van der Waals surface area contributed by atoms with Gasteiger partial charge in [-0.2, -0.15) is 0 Å². The molecule has 0 saturated carbocycles. The van der Waals surface area contributed by atoms with Gasteiger partial charge < -0.3 is 10.4 Å². The topological polar surface area (TPSA) is 32.3 Å². The molecule has 0 aromatic heterocycles. The molecule has 0 aliphatic carbocycles. The predicted octanol–water partition coefficient (Wildman–Crippen LogP) is 0.679. The summed E-state index contributed by atoms with van der Waals surface area (Å²) in [5, 5.41) is 11.8. The van der Waals surface area contributed by atoms with Crippen LogP contribution in [0.3, 0.4) is 0 Å². The van der Waals surface area contributed by atoms with Crippen LogP contribution >= 0.6 is 0 Å². The normalized spacial score (nSPS) is 23.5. The van der Waals surface area contributed by atoms with Gasteiger partial charge in [0.2, 0.25) is 0 Å². The average Bonchev–Trinajstić information content (AvgIpc) is 2.03. The molecule has 10 heavy (non-hydrogen) atoms. The fourth-order valence-corrected chi connectivity index (χ4v) is 1.22. The van der Waals surface area contributed by atoms with Gasteiger partial charge in [0.1, 0.15) is 0 Å². The molecule has 1 aliphatic rings. The Labute approximate surface area is 61.9 Å². The standard InChI is InChI=1S/C8H15NO/c10-6-2-4-8-3-1-5-9-7-8/h4,9-10H,1-3,5-7H2/b8-4-. The molecule has 1 rings (SSSR count). The number of aliphatic hydroxyl groups is 1. The minimum Gasteiger partial charge on any atom is -0.396 e. The van der Waals surface area contributed by atoms with Crippen LogP contribution < -0.4 is 5.32 Å². The van der Waals surface area contributed by atoms with Crippen molar-refractivity contribution in [1.82, 2.24) is 5.32 Å². The Morgan fingerprint density at radius 3 is 3.10 bits per heavy atom. The Kier molecular flexibility index (Phi) is 3.47. The monoisotopic (exact) mass is 141 g/mol. The summed E-state index contributed by atoms with van der Waals surface area (Å²) >= 11 is 0. The lowest BCUT2D eigenvalue weighted by atomic mass is 10.1. The zero-order chi connectivity index (χ0) is 7.23. The van der Waals surface area contributed by atoms with E-state index in [-0.39, 0.29) is 6.61 Å². The number of hydrogen-bond donors (Lipinski definition) is 2. The maximum Gasteiger partial charge on any atom is 0.0465 e. The lowest BCUT2D eigenvalue weighted by Crippen LogP contribution is -2.23. The van der Waals surface area contributed by atoms with Crippen molar-refractivity contribution in [1.29, 1.82) is 0 Å². The van der Waals surface area contributed by atoms with Crippen LogP contribution in [0.4, 0.5) is 0 Å². The first-order valence-corrected chi connectivity index (χ1v) is 3.93. The molecule has 0 atom stereocenters. The van der Waals surface area contributed by atoms with Gasteiger partial charge in [0.05, 0.1) is 0 Å². The zero-order valence-electron chi connectivity index (χ0n) is 6.27. The summed E-state index contributed by atoms with van der Waals surface area (Å²) in [5.41, 5.74) is 1.46. The molecule has 1 aliphatic heterocycles. The van der Waals surface area contributed by atoms with E-state index in [1.54, 1.807) is 0 Å². The Morgan fingerprint density at radius 1 is 1.60 bits per heavy atom. The molecule has 2 nitrogen and oxygen atoms in total. The van der Waals surface area contributed by atoms with Crippen molar-refractivity contribution in [2.75, 3.05) is 19.7 Å². The SMILES string of the molecule is OCC/C=C1/CCCNC1. The molecule has 58 valence electrons. The summed E-state index contributed by atoms with van der Waals surface area (Å²) in [5.74, 6) is 0. The van der Waals surface area contributed by atoms with Gasteiger partial charge in [-0.25, -0.2) is 0 Å². The number of aliphatic hydroxyl groups excluding tert-OH is 1. The van der Waals surface area contributed by atoms with Crippen LogP contribution in [-0.2, 0) is 0 Å². The second-order valence-corrected chi connectivity index (χ2v) is 2.65. The van der Waals surface area contributed by atoms with Gasteiger partial charge in [-0.3, -0.25) is 0 Å². The van der Waals surface area contributed by atoms with E-state index in [1.807, 2.05) is 0 Å². The van der Waals surface area contributed by atoms with E-state index in [0.717, 1.165) is 19.5 Å². The van der Waals surface area contributed by atoms with E-state index < -0.39 is 0 Å². The third-order valence-electron chi connectivity index (χ3n) is 1.77. The fourth-order valence-electron chi connectivity index (χ4n) is 1.22. The van der Waals surface area contributed by atoms with Gasteiger partial charge in [0.15, 0.2) is 0 Å². The molecular weight excluding hydrogens is 126 g/mol. The van der Waals surface area contributed by atoms with E-state index in [1.165, 1.54) is 18.4 Å². The molecule has 0 aromatic rings. The molecule has 2 N–H and O–H groups in total. The molecule has 0 spiro atoms. The van der Waals surface area contributed by atoms with Crippen LogP contribution in [0.2, 0.25) is 0 Å². The van der Waals surface area contributed by atoms with Gasteiger partial charge in [-0.15, -0.1) is 0 Å². The molecular formula is C8H15NO. The summed E-state index contributed by atoms with van der Waals surface area (Å²) in [7, 11) is 0. The van der Waals surface area contributed by atoms with E-state index in [4.69, 9.17) is 5.11 Å². The van der Waals surface area contributed by atoms with Crippen molar-refractivity contribution < 1.29 is 5.11 Å². The van der Waals surface area contributed by atoms with Crippen LogP contribution in [-0.4, -0.2) is 24.8 Å². The third-order valence-corrected chi connectivity index (χ3v) is 1.77. The van der Waals surface area contributed by atoms with Crippen LogP contribution in [0.15, 0.2) is 11.6 Å². The zero-order valence-corrected chi connectivity index (χ0v) is 6.27. The van der Waals surface area contributed by atoms with Gasteiger partial charge >= 0.3 is 0 Å². The Balaban J connectivity index is 2.23. The largest absolute Gasteiger partial charge is 0.396 e. The average molecular weight is 141 g/mol. The van der Waals surface area contributed by atoms with Gasteiger partial charge in [-0.05, 0) is 25.8 Å². The van der Waals surface area contributed by atoms with Gasteiger partial charge in [0, 0.05) is 13.2 Å². The fraction of sp³-hybridized carbons (Fsp3) is 0.750. The number of nitrogens with one attached hydrogen (secondary N) is 1. The minimum atomic E-state index is 0.281. The molecule has 0 amide bonds. The second-order valence-electron chi connectivity index (χ2n) is 2.65. The highest BCUT2D eigenvalue weighted by atomic mass is 16.2. The molecule has 2 heteroatoms. The van der Waals surface area contributed by atoms with Crippen molar-refractivity contribution >= 4 is 0 Å². The summed E-state index contributed by atoms with van der Waals surface area (Å²) in [4.78, 5) is 0. The molecule has 0 unspecified atom stereocenters. The highest BCUT2D eigenvalue weighted by Crippen LogP contribution is 2.08. The summed E-state index contributed by atoms with van der Waals surface area (Å²) in [6.07, 6.45) is 5.42. The highest BCUT2D eigenvalue weighted by molar-refractivity contribution is 5.06. The predicted molar refractivity (Wildman–Crippen MR) is 41.9 cm³/mol. The first-order valence-electron chi connectivity index (χ1n) is 3.93. The van der Waals surface area contributed by atoms with E-state index in [9.17, 15) is 0 Å². The van der Waals surface area contributed by atoms with E-state index in [0.29, 0.717) is 0 Å². The number of piperidine rings is 1. The molecule has 1 saturated heterocycles. The van der Waals surface area contributed by atoms with Crippen LogP contribution in [0.25, 0.3) is 0 Å². The third kappa shape index (κ3) is 2.50. The van der Waals surface area contributed by atoms with Crippen molar-refractivity contribution in [2.24, 2.45) is 0 Å². The van der Waals surface area contributed by atoms with Gasteiger partial charge in [-0.1, -0.05) is 11.6 Å². The smallest absolute Gasteiger partial charge is 0.0465 e. The molecule has 0 bridgehead atoms. The van der Waals surface area contributed by atoms with Crippen LogP contribution in [0.5, 0.6) is 0 Å². The number of rotatable bonds is 2. The Morgan fingerprint density at radius 2 is 2.50 bits per heavy atom. The minimum absolute atomic E-state index is 0.281. The highest BCUT2D eigenvalue weighted by Gasteiger charge is 2.02.